The molecule has 4 rings (SSSR count). The quantitative estimate of drug-likeness (QED) is 0.692. The first-order chi connectivity index (χ1) is 13.7. The van der Waals surface area contributed by atoms with Gasteiger partial charge in [-0.05, 0) is 56.8 Å². The van der Waals surface area contributed by atoms with Crippen LogP contribution in [0.2, 0.25) is 0 Å². The van der Waals surface area contributed by atoms with Crippen LogP contribution in [0, 0.1) is 12.8 Å². The molecule has 1 aliphatic heterocycles. The van der Waals surface area contributed by atoms with Crippen molar-refractivity contribution in [1.82, 2.24) is 20.4 Å². The van der Waals surface area contributed by atoms with E-state index >= 15 is 0 Å². The fraction of sp³-hybridized carbons (Fsp3) is 0.391. The molecular formula is C23H28N4O. The molecule has 2 heterocycles. The third-order valence-electron chi connectivity index (χ3n) is 5.78. The number of aryl methyl sites for hydroxylation is 1. The number of H-pyrrole nitrogens is 1. The molecule has 5 heteroatoms. The van der Waals surface area contributed by atoms with Gasteiger partial charge in [0.15, 0.2) is 5.69 Å². The van der Waals surface area contributed by atoms with Gasteiger partial charge < -0.3 is 10.2 Å². The second kappa shape index (κ2) is 8.57. The minimum atomic E-state index is -0.0840. The van der Waals surface area contributed by atoms with Crippen molar-refractivity contribution in [3.8, 4) is 0 Å². The van der Waals surface area contributed by atoms with Crippen LogP contribution in [0.1, 0.15) is 34.5 Å². The molecule has 0 atom stereocenters. The molecule has 0 unspecified atom stereocenters. The van der Waals surface area contributed by atoms with Crippen molar-refractivity contribution in [1.29, 1.82) is 0 Å². The number of hydrogen-bond donors (Lipinski definition) is 2. The lowest BCUT2D eigenvalue weighted by Gasteiger charge is -2.32. The Balaban J connectivity index is 1.21. The van der Waals surface area contributed by atoms with Crippen LogP contribution in [0.25, 0.3) is 10.9 Å². The van der Waals surface area contributed by atoms with E-state index in [1.807, 2.05) is 24.3 Å². The van der Waals surface area contributed by atoms with Crippen LogP contribution in [0.3, 0.4) is 0 Å². The fourth-order valence-corrected chi connectivity index (χ4v) is 3.91. The number of carbonyl (C=O) groups is 1. The van der Waals surface area contributed by atoms with Gasteiger partial charge in [0, 0.05) is 18.5 Å². The van der Waals surface area contributed by atoms with Gasteiger partial charge >= 0.3 is 0 Å². The van der Waals surface area contributed by atoms with Crippen LogP contribution in [-0.4, -0.2) is 47.2 Å². The number of hydrogen-bond acceptors (Lipinski definition) is 3. The summed E-state index contributed by atoms with van der Waals surface area (Å²) >= 11 is 0. The van der Waals surface area contributed by atoms with Gasteiger partial charge in [0.25, 0.3) is 5.91 Å². The molecule has 0 bridgehead atoms. The summed E-state index contributed by atoms with van der Waals surface area (Å²) in [6, 6.07) is 16.6. The number of para-hydroxylation sites is 1. The Kier molecular flexibility index (Phi) is 5.72. The largest absolute Gasteiger partial charge is 0.350 e. The lowest BCUT2D eigenvalue weighted by atomic mass is 9.96. The lowest BCUT2D eigenvalue weighted by Crippen LogP contribution is -2.39. The minimum Gasteiger partial charge on any atom is -0.350 e. The molecule has 3 aromatic rings. The molecule has 0 saturated carbocycles. The highest BCUT2D eigenvalue weighted by molar-refractivity contribution is 6.04. The van der Waals surface area contributed by atoms with Crippen LogP contribution < -0.4 is 5.32 Å². The maximum absolute atomic E-state index is 12.5. The molecule has 1 aliphatic rings. The SMILES string of the molecule is Cc1ccc(CCN2CCC(CNC(=O)c3n[nH]c4ccccc34)CC2)cc1. The number of rotatable bonds is 6. The number of fused-ring (bicyclic) bond motifs is 1. The van der Waals surface area contributed by atoms with E-state index in [9.17, 15) is 4.79 Å². The molecule has 2 N–H and O–H groups in total. The fourth-order valence-electron chi connectivity index (χ4n) is 3.91. The van der Waals surface area contributed by atoms with E-state index < -0.39 is 0 Å². The normalized spacial score (nSPS) is 15.8. The van der Waals surface area contributed by atoms with Crippen molar-refractivity contribution < 1.29 is 4.79 Å². The zero-order chi connectivity index (χ0) is 19.3. The summed E-state index contributed by atoms with van der Waals surface area (Å²) in [6.07, 6.45) is 3.37. The van der Waals surface area contributed by atoms with Gasteiger partial charge in [-0.2, -0.15) is 5.10 Å². The maximum Gasteiger partial charge on any atom is 0.272 e. The molecular weight excluding hydrogens is 348 g/mol. The van der Waals surface area contributed by atoms with Gasteiger partial charge in [-0.3, -0.25) is 9.89 Å². The Labute approximate surface area is 166 Å². The molecule has 5 nitrogen and oxygen atoms in total. The Hall–Kier alpha value is -2.66. The highest BCUT2D eigenvalue weighted by Crippen LogP contribution is 2.18. The van der Waals surface area contributed by atoms with E-state index in [2.05, 4.69) is 51.6 Å². The predicted molar refractivity (Wildman–Crippen MR) is 112 cm³/mol. The predicted octanol–water partition coefficient (Wildman–Crippen LogP) is 3.56. The lowest BCUT2D eigenvalue weighted by molar-refractivity contribution is 0.0933. The smallest absolute Gasteiger partial charge is 0.272 e. The molecule has 0 aliphatic carbocycles. The number of nitrogens with one attached hydrogen (secondary N) is 2. The summed E-state index contributed by atoms with van der Waals surface area (Å²) in [6.45, 7) is 6.19. The van der Waals surface area contributed by atoms with Crippen LogP contribution in [0.5, 0.6) is 0 Å². The summed E-state index contributed by atoms with van der Waals surface area (Å²) in [5, 5.41) is 11.1. The number of benzene rings is 2. The van der Waals surface area contributed by atoms with Gasteiger partial charge in [0.1, 0.15) is 0 Å². The van der Waals surface area contributed by atoms with Crippen molar-refractivity contribution in [3.63, 3.8) is 0 Å². The average molecular weight is 377 g/mol. The van der Waals surface area contributed by atoms with Crippen molar-refractivity contribution in [2.24, 2.45) is 5.92 Å². The molecule has 28 heavy (non-hydrogen) atoms. The van der Waals surface area contributed by atoms with Crippen LogP contribution in [0.4, 0.5) is 0 Å². The first-order valence-corrected chi connectivity index (χ1v) is 10.2. The zero-order valence-electron chi connectivity index (χ0n) is 16.4. The molecule has 1 fully saturated rings. The number of amides is 1. The van der Waals surface area contributed by atoms with Crippen molar-refractivity contribution in [2.75, 3.05) is 26.2 Å². The first kappa shape index (κ1) is 18.7. The molecule has 1 aromatic heterocycles. The van der Waals surface area contributed by atoms with Gasteiger partial charge in [-0.1, -0.05) is 48.0 Å². The second-order valence-corrected chi connectivity index (χ2v) is 7.85. The second-order valence-electron chi connectivity index (χ2n) is 7.85. The van der Waals surface area contributed by atoms with Crippen molar-refractivity contribution in [3.05, 3.63) is 65.4 Å². The van der Waals surface area contributed by atoms with Crippen LogP contribution in [0.15, 0.2) is 48.5 Å². The monoisotopic (exact) mass is 376 g/mol. The summed E-state index contributed by atoms with van der Waals surface area (Å²) in [7, 11) is 0. The summed E-state index contributed by atoms with van der Waals surface area (Å²) in [5.41, 5.74) is 4.11. The molecule has 0 spiro atoms. The molecule has 2 aromatic carbocycles. The highest BCUT2D eigenvalue weighted by Gasteiger charge is 2.21. The number of likely N-dealkylation sites (tertiary alicyclic amines) is 1. The Morgan fingerprint density at radius 2 is 1.89 bits per heavy atom. The third kappa shape index (κ3) is 4.42. The van der Waals surface area contributed by atoms with Gasteiger partial charge in [0.2, 0.25) is 0 Å². The number of aromatic nitrogens is 2. The number of nitrogens with zero attached hydrogens (tertiary/aromatic N) is 2. The molecule has 1 amide bonds. The van der Waals surface area contributed by atoms with Crippen LogP contribution in [-0.2, 0) is 6.42 Å². The van der Waals surface area contributed by atoms with E-state index in [0.717, 1.165) is 56.3 Å². The number of piperidine rings is 1. The standard InChI is InChI=1S/C23H28N4O/c1-17-6-8-18(9-7-17)10-13-27-14-11-19(12-15-27)16-24-23(28)22-20-4-2-3-5-21(20)25-26-22/h2-9,19H,10-16H2,1H3,(H,24,28)(H,25,26). The van der Waals surface area contributed by atoms with Gasteiger partial charge in [-0.25, -0.2) is 0 Å². The van der Waals surface area contributed by atoms with Crippen molar-refractivity contribution in [2.45, 2.75) is 26.2 Å². The molecule has 0 radical (unpaired) electrons. The van der Waals surface area contributed by atoms with Gasteiger partial charge in [0.05, 0.1) is 5.52 Å². The molecule has 146 valence electrons. The highest BCUT2D eigenvalue weighted by atomic mass is 16.1. The summed E-state index contributed by atoms with van der Waals surface area (Å²) in [5.74, 6) is 0.462. The topological polar surface area (TPSA) is 61.0 Å². The van der Waals surface area contributed by atoms with E-state index in [1.54, 1.807) is 0 Å². The Morgan fingerprint density at radius 3 is 2.68 bits per heavy atom. The third-order valence-corrected chi connectivity index (χ3v) is 5.78. The minimum absolute atomic E-state index is 0.0840. The molecule has 1 saturated heterocycles. The Morgan fingerprint density at radius 1 is 1.14 bits per heavy atom. The maximum atomic E-state index is 12.5. The van der Waals surface area contributed by atoms with Gasteiger partial charge in [-0.15, -0.1) is 0 Å². The van der Waals surface area contributed by atoms with Crippen molar-refractivity contribution >= 4 is 16.8 Å². The van der Waals surface area contributed by atoms with Crippen LogP contribution >= 0.6 is 0 Å². The number of carbonyl (C=O) groups excluding carboxylic acids is 1. The number of aromatic amines is 1. The average Bonchev–Trinajstić information content (AvgIpc) is 3.17. The van der Waals surface area contributed by atoms with E-state index in [1.165, 1.54) is 11.1 Å². The summed E-state index contributed by atoms with van der Waals surface area (Å²) in [4.78, 5) is 15.0. The van der Waals surface area contributed by atoms with E-state index in [4.69, 9.17) is 0 Å². The van der Waals surface area contributed by atoms with E-state index in [-0.39, 0.29) is 5.91 Å². The first-order valence-electron chi connectivity index (χ1n) is 10.2. The Bertz CT molecular complexity index is 923. The summed E-state index contributed by atoms with van der Waals surface area (Å²) < 4.78 is 0. The zero-order valence-corrected chi connectivity index (χ0v) is 16.4. The van der Waals surface area contributed by atoms with E-state index in [0.29, 0.717) is 11.6 Å².